The van der Waals surface area contributed by atoms with Gasteiger partial charge < -0.3 is 5.73 Å². The molecule has 0 amide bonds. The second-order valence-corrected chi connectivity index (χ2v) is 4.91. The maximum absolute atomic E-state index is 12.3. The first-order valence-electron chi connectivity index (χ1n) is 6.28. The Morgan fingerprint density at radius 3 is 2.10 bits per heavy atom. The molecule has 1 aliphatic heterocycles. The van der Waals surface area contributed by atoms with E-state index in [0.717, 1.165) is 12.1 Å². The molecule has 1 aliphatic rings. The molecule has 0 unspecified atom stereocenters. The van der Waals surface area contributed by atoms with Crippen molar-refractivity contribution >= 4 is 30.5 Å². The van der Waals surface area contributed by atoms with Crippen LogP contribution in [0.2, 0.25) is 0 Å². The molecule has 1 aromatic rings. The minimum absolute atomic E-state index is 0. The van der Waals surface area contributed by atoms with Crippen LogP contribution in [0.15, 0.2) is 24.3 Å². The molecule has 2 N–H and O–H groups in total. The Hall–Kier alpha value is -0.690. The number of hydrogen-bond acceptors (Lipinski definition) is 3. The molecule has 1 saturated heterocycles. The lowest BCUT2D eigenvalue weighted by Crippen LogP contribution is -2.48. The molecular formula is C13H20Cl2F3N3. The summed E-state index contributed by atoms with van der Waals surface area (Å²) < 4.78 is 36.8. The van der Waals surface area contributed by atoms with Crippen LogP contribution in [0.5, 0.6) is 0 Å². The van der Waals surface area contributed by atoms with E-state index in [-0.39, 0.29) is 24.8 Å². The standard InChI is InChI=1S/C13H18F3N3.2ClH/c14-13(15,16)10-19-6-4-18(5-7-19)9-11-2-1-3-12(17)8-11;;/h1-3,8H,4-7,9-10,17H2;2*1H. The van der Waals surface area contributed by atoms with E-state index in [1.165, 1.54) is 4.90 Å². The van der Waals surface area contributed by atoms with Crippen molar-refractivity contribution < 1.29 is 13.2 Å². The van der Waals surface area contributed by atoms with Gasteiger partial charge in [0.25, 0.3) is 0 Å². The van der Waals surface area contributed by atoms with Gasteiger partial charge in [0.05, 0.1) is 6.54 Å². The van der Waals surface area contributed by atoms with Gasteiger partial charge in [0, 0.05) is 38.4 Å². The van der Waals surface area contributed by atoms with E-state index in [9.17, 15) is 13.2 Å². The molecule has 1 aromatic carbocycles. The van der Waals surface area contributed by atoms with E-state index < -0.39 is 12.7 Å². The van der Waals surface area contributed by atoms with Crippen molar-refractivity contribution in [3.8, 4) is 0 Å². The van der Waals surface area contributed by atoms with Gasteiger partial charge in [-0.2, -0.15) is 13.2 Å². The summed E-state index contributed by atoms with van der Waals surface area (Å²) in [5.74, 6) is 0. The number of benzene rings is 1. The first-order chi connectivity index (χ1) is 8.92. The van der Waals surface area contributed by atoms with Crippen molar-refractivity contribution in [2.45, 2.75) is 12.7 Å². The minimum Gasteiger partial charge on any atom is -0.399 e. The van der Waals surface area contributed by atoms with Gasteiger partial charge in [0.2, 0.25) is 0 Å². The van der Waals surface area contributed by atoms with Crippen LogP contribution in [0.4, 0.5) is 18.9 Å². The van der Waals surface area contributed by atoms with E-state index in [1.54, 1.807) is 0 Å². The van der Waals surface area contributed by atoms with Gasteiger partial charge in [-0.15, -0.1) is 24.8 Å². The van der Waals surface area contributed by atoms with Gasteiger partial charge in [0.1, 0.15) is 0 Å². The number of nitrogens with two attached hydrogens (primary N) is 1. The maximum atomic E-state index is 12.3. The fourth-order valence-corrected chi connectivity index (χ4v) is 2.31. The predicted molar refractivity (Wildman–Crippen MR) is 83.1 cm³/mol. The summed E-state index contributed by atoms with van der Waals surface area (Å²) in [6.07, 6.45) is -4.10. The number of halogens is 5. The lowest BCUT2D eigenvalue weighted by Gasteiger charge is -2.35. The van der Waals surface area contributed by atoms with E-state index in [1.807, 2.05) is 24.3 Å². The molecule has 0 bridgehead atoms. The average molecular weight is 346 g/mol. The Morgan fingerprint density at radius 2 is 1.57 bits per heavy atom. The van der Waals surface area contributed by atoms with Crippen molar-refractivity contribution in [1.82, 2.24) is 9.80 Å². The van der Waals surface area contributed by atoms with Crippen molar-refractivity contribution in [2.24, 2.45) is 0 Å². The van der Waals surface area contributed by atoms with Crippen LogP contribution in [-0.2, 0) is 6.54 Å². The number of nitrogen functional groups attached to an aromatic ring is 1. The first kappa shape index (κ1) is 20.3. The second-order valence-electron chi connectivity index (χ2n) is 4.91. The Kier molecular flexibility index (Phi) is 8.39. The maximum Gasteiger partial charge on any atom is 0.401 e. The summed E-state index contributed by atoms with van der Waals surface area (Å²) in [5, 5.41) is 0. The number of hydrogen-bond donors (Lipinski definition) is 1. The molecule has 0 spiro atoms. The summed E-state index contributed by atoms with van der Waals surface area (Å²) in [4.78, 5) is 3.61. The van der Waals surface area contributed by atoms with E-state index in [2.05, 4.69) is 4.90 Å². The summed E-state index contributed by atoms with van der Waals surface area (Å²) in [6, 6.07) is 7.61. The normalized spacial score (nSPS) is 16.9. The number of anilines is 1. The van der Waals surface area contributed by atoms with Crippen LogP contribution < -0.4 is 5.73 Å². The zero-order chi connectivity index (χ0) is 13.9. The number of nitrogens with zero attached hydrogens (tertiary/aromatic N) is 2. The Balaban J connectivity index is 0.00000200. The van der Waals surface area contributed by atoms with Gasteiger partial charge >= 0.3 is 6.18 Å². The first-order valence-corrected chi connectivity index (χ1v) is 6.28. The van der Waals surface area contributed by atoms with Crippen LogP contribution in [0.25, 0.3) is 0 Å². The highest BCUT2D eigenvalue weighted by atomic mass is 35.5. The molecule has 0 radical (unpaired) electrons. The molecule has 122 valence electrons. The topological polar surface area (TPSA) is 32.5 Å². The van der Waals surface area contributed by atoms with Crippen molar-refractivity contribution in [2.75, 3.05) is 38.5 Å². The van der Waals surface area contributed by atoms with Gasteiger partial charge in [-0.05, 0) is 17.7 Å². The minimum atomic E-state index is -4.10. The Bertz CT molecular complexity index is 421. The van der Waals surface area contributed by atoms with Crippen LogP contribution in [0.1, 0.15) is 5.56 Å². The molecule has 2 rings (SSSR count). The molecular weight excluding hydrogens is 326 g/mol. The molecule has 1 heterocycles. The number of piperazine rings is 1. The molecule has 0 aliphatic carbocycles. The molecule has 21 heavy (non-hydrogen) atoms. The Labute approximate surface area is 135 Å². The highest BCUT2D eigenvalue weighted by Crippen LogP contribution is 2.18. The second kappa shape index (κ2) is 8.68. The Morgan fingerprint density at radius 1 is 1.00 bits per heavy atom. The largest absolute Gasteiger partial charge is 0.401 e. The zero-order valence-corrected chi connectivity index (χ0v) is 13.1. The molecule has 0 aromatic heterocycles. The predicted octanol–water partition coefficient (Wildman–Crippen LogP) is 2.79. The van der Waals surface area contributed by atoms with Crippen molar-refractivity contribution in [3.05, 3.63) is 29.8 Å². The third-order valence-electron chi connectivity index (χ3n) is 3.23. The fourth-order valence-electron chi connectivity index (χ4n) is 2.31. The molecule has 1 fully saturated rings. The zero-order valence-electron chi connectivity index (χ0n) is 11.5. The van der Waals surface area contributed by atoms with Crippen molar-refractivity contribution in [3.63, 3.8) is 0 Å². The van der Waals surface area contributed by atoms with Crippen LogP contribution in [0.3, 0.4) is 0 Å². The van der Waals surface area contributed by atoms with E-state index in [4.69, 9.17) is 5.73 Å². The SMILES string of the molecule is Cl.Cl.Nc1cccc(CN2CCN(CC(F)(F)F)CC2)c1. The highest BCUT2D eigenvalue weighted by Gasteiger charge is 2.32. The summed E-state index contributed by atoms with van der Waals surface area (Å²) in [6.45, 7) is 2.17. The third kappa shape index (κ3) is 7.22. The van der Waals surface area contributed by atoms with Gasteiger partial charge in [-0.3, -0.25) is 9.80 Å². The smallest absolute Gasteiger partial charge is 0.399 e. The summed E-state index contributed by atoms with van der Waals surface area (Å²) in [7, 11) is 0. The summed E-state index contributed by atoms with van der Waals surface area (Å²) >= 11 is 0. The lowest BCUT2D eigenvalue weighted by atomic mass is 10.2. The summed E-state index contributed by atoms with van der Waals surface area (Å²) in [5.41, 5.74) is 7.52. The monoisotopic (exact) mass is 345 g/mol. The van der Waals surface area contributed by atoms with Gasteiger partial charge in [-0.25, -0.2) is 0 Å². The van der Waals surface area contributed by atoms with Gasteiger partial charge in [-0.1, -0.05) is 12.1 Å². The highest BCUT2D eigenvalue weighted by molar-refractivity contribution is 5.85. The van der Waals surface area contributed by atoms with Crippen molar-refractivity contribution in [1.29, 1.82) is 0 Å². The quantitative estimate of drug-likeness (QED) is 0.855. The number of rotatable bonds is 3. The van der Waals surface area contributed by atoms with E-state index >= 15 is 0 Å². The lowest BCUT2D eigenvalue weighted by molar-refractivity contribution is -0.149. The fraction of sp³-hybridized carbons (Fsp3) is 0.538. The molecule has 0 atom stereocenters. The van der Waals surface area contributed by atoms with Crippen LogP contribution in [0, 0.1) is 0 Å². The van der Waals surface area contributed by atoms with Gasteiger partial charge in [0.15, 0.2) is 0 Å². The molecule has 0 saturated carbocycles. The molecule has 3 nitrogen and oxygen atoms in total. The van der Waals surface area contributed by atoms with E-state index in [0.29, 0.717) is 31.9 Å². The third-order valence-corrected chi connectivity index (χ3v) is 3.23. The molecule has 8 heteroatoms. The van der Waals surface area contributed by atoms with Crippen LogP contribution in [-0.4, -0.2) is 48.7 Å². The number of alkyl halides is 3. The van der Waals surface area contributed by atoms with Crippen LogP contribution >= 0.6 is 24.8 Å². The average Bonchev–Trinajstić information content (AvgIpc) is 2.30.